The predicted molar refractivity (Wildman–Crippen MR) is 80.5 cm³/mol. The van der Waals surface area contributed by atoms with Crippen LogP contribution in [0.15, 0.2) is 46.9 Å². The standard InChI is InChI=1S/C16H16BrF2N/c1-16(20,9-11-2-4-14(18)5-3-11)10-12-6-13(17)8-15(19)7-12/h2-8H,9-10,20H2,1H3. The largest absolute Gasteiger partial charge is 0.325 e. The Morgan fingerprint density at radius 2 is 1.55 bits per heavy atom. The summed E-state index contributed by atoms with van der Waals surface area (Å²) in [5.74, 6) is -0.548. The van der Waals surface area contributed by atoms with Gasteiger partial charge in [-0.05, 0) is 61.2 Å². The zero-order valence-electron chi connectivity index (χ0n) is 11.2. The van der Waals surface area contributed by atoms with Gasteiger partial charge in [-0.2, -0.15) is 0 Å². The zero-order valence-corrected chi connectivity index (χ0v) is 12.8. The van der Waals surface area contributed by atoms with Crippen molar-refractivity contribution in [2.75, 3.05) is 0 Å². The number of rotatable bonds is 4. The van der Waals surface area contributed by atoms with Crippen molar-refractivity contribution in [3.63, 3.8) is 0 Å². The average molecular weight is 340 g/mol. The summed E-state index contributed by atoms with van der Waals surface area (Å²) in [7, 11) is 0. The van der Waals surface area contributed by atoms with E-state index in [-0.39, 0.29) is 11.6 Å². The number of benzene rings is 2. The van der Waals surface area contributed by atoms with Gasteiger partial charge in [0.25, 0.3) is 0 Å². The monoisotopic (exact) mass is 339 g/mol. The van der Waals surface area contributed by atoms with E-state index >= 15 is 0 Å². The summed E-state index contributed by atoms with van der Waals surface area (Å²) in [5.41, 5.74) is 7.57. The van der Waals surface area contributed by atoms with Crippen LogP contribution in [0.4, 0.5) is 8.78 Å². The van der Waals surface area contributed by atoms with Gasteiger partial charge >= 0.3 is 0 Å². The molecule has 106 valence electrons. The Morgan fingerprint density at radius 1 is 0.950 bits per heavy atom. The first-order valence-corrected chi connectivity index (χ1v) is 7.12. The minimum atomic E-state index is -0.523. The van der Waals surface area contributed by atoms with E-state index in [1.54, 1.807) is 12.1 Å². The number of hydrogen-bond acceptors (Lipinski definition) is 1. The Hall–Kier alpha value is -1.26. The summed E-state index contributed by atoms with van der Waals surface area (Å²) in [6.07, 6.45) is 1.14. The van der Waals surface area contributed by atoms with Crippen LogP contribution < -0.4 is 5.73 Å². The van der Waals surface area contributed by atoms with Crippen LogP contribution in [0.1, 0.15) is 18.1 Å². The fraction of sp³-hybridized carbons (Fsp3) is 0.250. The summed E-state index contributed by atoms with van der Waals surface area (Å²) in [6, 6.07) is 11.1. The molecule has 1 unspecified atom stereocenters. The fourth-order valence-corrected chi connectivity index (χ4v) is 2.82. The fourth-order valence-electron chi connectivity index (χ4n) is 2.31. The van der Waals surface area contributed by atoms with Crippen LogP contribution in [0.5, 0.6) is 0 Å². The van der Waals surface area contributed by atoms with E-state index in [1.807, 2.05) is 13.0 Å². The molecule has 2 aromatic carbocycles. The molecule has 0 heterocycles. The van der Waals surface area contributed by atoms with E-state index in [2.05, 4.69) is 15.9 Å². The average Bonchev–Trinajstić information content (AvgIpc) is 2.29. The molecule has 0 aliphatic heterocycles. The molecule has 20 heavy (non-hydrogen) atoms. The molecular formula is C16H16BrF2N. The number of nitrogens with two attached hydrogens (primary N) is 1. The second-order valence-corrected chi connectivity index (χ2v) is 6.33. The van der Waals surface area contributed by atoms with Gasteiger partial charge in [0.2, 0.25) is 0 Å². The molecule has 0 aromatic heterocycles. The summed E-state index contributed by atoms with van der Waals surface area (Å²) in [4.78, 5) is 0. The first-order valence-electron chi connectivity index (χ1n) is 6.32. The van der Waals surface area contributed by atoms with Crippen LogP contribution in [0.25, 0.3) is 0 Å². The first kappa shape index (κ1) is 15.1. The van der Waals surface area contributed by atoms with Gasteiger partial charge in [-0.15, -0.1) is 0 Å². The summed E-state index contributed by atoms with van der Waals surface area (Å²) >= 11 is 3.27. The van der Waals surface area contributed by atoms with Crippen molar-refractivity contribution in [2.24, 2.45) is 5.73 Å². The van der Waals surface area contributed by atoms with Crippen LogP contribution in [-0.4, -0.2) is 5.54 Å². The molecule has 0 saturated carbocycles. The maximum atomic E-state index is 13.4. The molecule has 2 N–H and O–H groups in total. The van der Waals surface area contributed by atoms with Crippen LogP contribution in [0.3, 0.4) is 0 Å². The Bertz CT molecular complexity index is 574. The molecule has 2 aromatic rings. The third kappa shape index (κ3) is 4.39. The molecule has 0 saturated heterocycles. The van der Waals surface area contributed by atoms with Crippen molar-refractivity contribution >= 4 is 15.9 Å². The predicted octanol–water partition coefficient (Wildman–Crippen LogP) is 4.23. The van der Waals surface area contributed by atoms with Gasteiger partial charge in [-0.1, -0.05) is 28.1 Å². The third-order valence-electron chi connectivity index (χ3n) is 3.05. The molecule has 1 nitrogen and oxygen atoms in total. The summed E-state index contributed by atoms with van der Waals surface area (Å²) < 4.78 is 26.9. The lowest BCUT2D eigenvalue weighted by molar-refractivity contribution is 0.461. The van der Waals surface area contributed by atoms with Crippen molar-refractivity contribution in [3.05, 3.63) is 69.7 Å². The lowest BCUT2D eigenvalue weighted by atomic mass is 9.87. The second kappa shape index (κ2) is 6.02. The molecule has 4 heteroatoms. The lowest BCUT2D eigenvalue weighted by Gasteiger charge is -2.25. The van der Waals surface area contributed by atoms with Crippen molar-refractivity contribution < 1.29 is 8.78 Å². The molecule has 1 atom stereocenters. The highest BCUT2D eigenvalue weighted by molar-refractivity contribution is 9.10. The maximum absolute atomic E-state index is 13.4. The molecule has 0 amide bonds. The molecule has 0 spiro atoms. The topological polar surface area (TPSA) is 26.0 Å². The van der Waals surface area contributed by atoms with E-state index < -0.39 is 5.54 Å². The van der Waals surface area contributed by atoms with E-state index in [0.717, 1.165) is 11.1 Å². The number of halogens is 3. The molecule has 2 rings (SSSR count). The van der Waals surface area contributed by atoms with Gasteiger partial charge in [0.1, 0.15) is 11.6 Å². The van der Waals surface area contributed by atoms with Gasteiger partial charge in [0.15, 0.2) is 0 Å². The highest BCUT2D eigenvalue weighted by atomic mass is 79.9. The van der Waals surface area contributed by atoms with Gasteiger partial charge in [-0.25, -0.2) is 8.78 Å². The Labute approximate surface area is 125 Å². The molecule has 0 fully saturated rings. The van der Waals surface area contributed by atoms with E-state index in [9.17, 15) is 8.78 Å². The maximum Gasteiger partial charge on any atom is 0.124 e. The second-order valence-electron chi connectivity index (χ2n) is 5.41. The van der Waals surface area contributed by atoms with Gasteiger partial charge in [0.05, 0.1) is 0 Å². The molecule has 0 aliphatic rings. The molecular weight excluding hydrogens is 324 g/mol. The van der Waals surface area contributed by atoms with Crippen molar-refractivity contribution in [1.82, 2.24) is 0 Å². The van der Waals surface area contributed by atoms with Crippen LogP contribution >= 0.6 is 15.9 Å². The Morgan fingerprint density at radius 3 is 2.15 bits per heavy atom. The van der Waals surface area contributed by atoms with E-state index in [0.29, 0.717) is 17.3 Å². The quantitative estimate of drug-likeness (QED) is 0.886. The SMILES string of the molecule is CC(N)(Cc1ccc(F)cc1)Cc1cc(F)cc(Br)c1. The van der Waals surface area contributed by atoms with Crippen LogP contribution in [0.2, 0.25) is 0 Å². The minimum Gasteiger partial charge on any atom is -0.325 e. The summed E-state index contributed by atoms with van der Waals surface area (Å²) in [6.45, 7) is 1.91. The van der Waals surface area contributed by atoms with E-state index in [1.165, 1.54) is 24.3 Å². The Balaban J connectivity index is 2.12. The highest BCUT2D eigenvalue weighted by Crippen LogP contribution is 2.21. The van der Waals surface area contributed by atoms with Crippen molar-refractivity contribution in [3.8, 4) is 0 Å². The normalized spacial score (nSPS) is 14.1. The minimum absolute atomic E-state index is 0.262. The summed E-state index contributed by atoms with van der Waals surface area (Å²) in [5, 5.41) is 0. The lowest BCUT2D eigenvalue weighted by Crippen LogP contribution is -2.40. The van der Waals surface area contributed by atoms with Gasteiger partial charge < -0.3 is 5.73 Å². The highest BCUT2D eigenvalue weighted by Gasteiger charge is 2.20. The van der Waals surface area contributed by atoms with Gasteiger partial charge in [-0.3, -0.25) is 0 Å². The van der Waals surface area contributed by atoms with Crippen molar-refractivity contribution in [1.29, 1.82) is 0 Å². The zero-order chi connectivity index (χ0) is 14.8. The number of hydrogen-bond donors (Lipinski definition) is 1. The van der Waals surface area contributed by atoms with Gasteiger partial charge in [0, 0.05) is 10.0 Å². The molecule has 0 bridgehead atoms. The van der Waals surface area contributed by atoms with Crippen molar-refractivity contribution in [2.45, 2.75) is 25.3 Å². The first-order chi connectivity index (χ1) is 9.34. The van der Waals surface area contributed by atoms with Crippen LogP contribution in [0, 0.1) is 11.6 Å². The third-order valence-corrected chi connectivity index (χ3v) is 3.51. The smallest absolute Gasteiger partial charge is 0.124 e. The van der Waals surface area contributed by atoms with E-state index in [4.69, 9.17) is 5.73 Å². The Kier molecular flexibility index (Phi) is 4.55. The molecule has 0 aliphatic carbocycles. The molecule has 0 radical (unpaired) electrons. The van der Waals surface area contributed by atoms with Crippen LogP contribution in [-0.2, 0) is 12.8 Å².